The lowest BCUT2D eigenvalue weighted by molar-refractivity contribution is -0.142. The average Bonchev–Trinajstić information content (AvgIpc) is 2.55. The van der Waals surface area contributed by atoms with Gasteiger partial charge in [-0.1, -0.05) is 19.1 Å². The van der Waals surface area contributed by atoms with Crippen LogP contribution in [0.5, 0.6) is 0 Å². The first kappa shape index (κ1) is 17.0. The molecule has 1 aliphatic rings. The molecule has 1 aromatic carbocycles. The van der Waals surface area contributed by atoms with Gasteiger partial charge in [-0.05, 0) is 30.9 Å². The number of para-hydroxylation sites is 1. The maximum Gasteiger partial charge on any atom is 0.315 e. The monoisotopic (exact) mass is 318 g/mol. The van der Waals surface area contributed by atoms with E-state index >= 15 is 0 Å². The molecule has 23 heavy (non-hydrogen) atoms. The minimum Gasteiger partial charge on any atom is -0.469 e. The summed E-state index contributed by atoms with van der Waals surface area (Å²) in [5.41, 5.74) is 0.866. The molecule has 1 saturated heterocycles. The number of likely N-dealkylation sites (tertiary alicyclic amines) is 1. The number of carbonyl (C=O) groups is 3. The Morgan fingerprint density at radius 3 is 2.52 bits per heavy atom. The number of hydrogen-bond donors (Lipinski definition) is 1. The van der Waals surface area contributed by atoms with E-state index in [0.29, 0.717) is 17.2 Å². The van der Waals surface area contributed by atoms with Gasteiger partial charge >= 0.3 is 5.97 Å². The van der Waals surface area contributed by atoms with E-state index in [0.717, 1.165) is 25.9 Å². The maximum atomic E-state index is 12.7. The van der Waals surface area contributed by atoms with Crippen molar-refractivity contribution in [3.63, 3.8) is 0 Å². The lowest BCUT2D eigenvalue weighted by atomic mass is 9.98. The quantitative estimate of drug-likeness (QED) is 0.681. The molecule has 1 aromatic rings. The van der Waals surface area contributed by atoms with Crippen molar-refractivity contribution in [2.45, 2.75) is 26.2 Å². The SMILES string of the molecule is COC(=O)CC(=O)Nc1ccccc1C(=O)N1CCC(C)CC1. The molecule has 1 N–H and O–H groups in total. The summed E-state index contributed by atoms with van der Waals surface area (Å²) in [5.74, 6) is -0.569. The second-order valence-corrected chi connectivity index (χ2v) is 5.82. The number of esters is 1. The summed E-state index contributed by atoms with van der Waals surface area (Å²) in [5, 5.41) is 2.62. The number of benzene rings is 1. The van der Waals surface area contributed by atoms with E-state index in [1.165, 1.54) is 7.11 Å². The van der Waals surface area contributed by atoms with E-state index in [2.05, 4.69) is 17.0 Å². The van der Waals surface area contributed by atoms with Gasteiger partial charge in [0.2, 0.25) is 5.91 Å². The topological polar surface area (TPSA) is 75.7 Å². The lowest BCUT2D eigenvalue weighted by Gasteiger charge is -2.30. The van der Waals surface area contributed by atoms with Gasteiger partial charge in [0, 0.05) is 13.1 Å². The Hall–Kier alpha value is -2.37. The smallest absolute Gasteiger partial charge is 0.315 e. The molecule has 2 rings (SSSR count). The van der Waals surface area contributed by atoms with E-state index in [1.807, 2.05) is 4.90 Å². The van der Waals surface area contributed by atoms with Crippen molar-refractivity contribution < 1.29 is 19.1 Å². The zero-order valence-electron chi connectivity index (χ0n) is 13.5. The normalized spacial score (nSPS) is 15.1. The van der Waals surface area contributed by atoms with E-state index < -0.39 is 11.9 Å². The second-order valence-electron chi connectivity index (χ2n) is 5.82. The van der Waals surface area contributed by atoms with Crippen molar-refractivity contribution in [2.75, 3.05) is 25.5 Å². The first-order valence-electron chi connectivity index (χ1n) is 7.76. The van der Waals surface area contributed by atoms with Gasteiger partial charge in [0.1, 0.15) is 6.42 Å². The van der Waals surface area contributed by atoms with Crippen LogP contribution in [0.1, 0.15) is 36.5 Å². The van der Waals surface area contributed by atoms with E-state index in [4.69, 9.17) is 0 Å². The van der Waals surface area contributed by atoms with Crippen molar-refractivity contribution >= 4 is 23.5 Å². The van der Waals surface area contributed by atoms with Crippen LogP contribution in [0.25, 0.3) is 0 Å². The molecule has 6 heteroatoms. The summed E-state index contributed by atoms with van der Waals surface area (Å²) in [6.07, 6.45) is 1.60. The third-order valence-electron chi connectivity index (χ3n) is 4.03. The van der Waals surface area contributed by atoms with Crippen molar-refractivity contribution in [1.82, 2.24) is 4.90 Å². The Morgan fingerprint density at radius 1 is 1.22 bits per heavy atom. The summed E-state index contributed by atoms with van der Waals surface area (Å²) in [4.78, 5) is 37.5. The Bertz CT molecular complexity index is 592. The zero-order valence-corrected chi connectivity index (χ0v) is 13.5. The standard InChI is InChI=1S/C17H22N2O4/c1-12-7-9-19(10-8-12)17(22)13-5-3-4-6-14(13)18-15(20)11-16(21)23-2/h3-6,12H,7-11H2,1-2H3,(H,18,20). The van der Waals surface area contributed by atoms with Crippen LogP contribution >= 0.6 is 0 Å². The average molecular weight is 318 g/mol. The third kappa shape index (κ3) is 4.55. The minimum atomic E-state index is -0.615. The summed E-state index contributed by atoms with van der Waals surface area (Å²) in [7, 11) is 1.23. The number of nitrogens with zero attached hydrogens (tertiary/aromatic N) is 1. The Labute approximate surface area is 135 Å². The first-order valence-corrected chi connectivity index (χ1v) is 7.76. The van der Waals surface area contributed by atoms with Crippen LogP contribution in [0, 0.1) is 5.92 Å². The first-order chi connectivity index (χ1) is 11.0. The molecule has 0 spiro atoms. The Kier molecular flexibility index (Phi) is 5.73. The Morgan fingerprint density at radius 2 is 1.87 bits per heavy atom. The molecular weight excluding hydrogens is 296 g/mol. The van der Waals surface area contributed by atoms with Gasteiger partial charge in [0.15, 0.2) is 0 Å². The van der Waals surface area contributed by atoms with Gasteiger partial charge in [0.05, 0.1) is 18.4 Å². The van der Waals surface area contributed by atoms with Crippen molar-refractivity contribution in [1.29, 1.82) is 0 Å². The number of piperidine rings is 1. The summed E-state index contributed by atoms with van der Waals surface area (Å²) in [6.45, 7) is 3.64. The molecule has 0 unspecified atom stereocenters. The molecule has 1 fully saturated rings. The van der Waals surface area contributed by atoms with Crippen LogP contribution in [0.3, 0.4) is 0 Å². The molecule has 2 amide bonds. The number of carbonyl (C=O) groups excluding carboxylic acids is 3. The summed E-state index contributed by atoms with van der Waals surface area (Å²) in [6, 6.07) is 6.85. The molecule has 124 valence electrons. The van der Waals surface area contributed by atoms with Gasteiger partial charge in [-0.25, -0.2) is 0 Å². The van der Waals surface area contributed by atoms with Gasteiger partial charge in [-0.15, -0.1) is 0 Å². The number of ether oxygens (including phenoxy) is 1. The maximum absolute atomic E-state index is 12.7. The largest absolute Gasteiger partial charge is 0.469 e. The van der Waals surface area contributed by atoms with Crippen molar-refractivity contribution in [3.05, 3.63) is 29.8 Å². The third-order valence-corrected chi connectivity index (χ3v) is 4.03. The highest BCUT2D eigenvalue weighted by Crippen LogP contribution is 2.22. The fourth-order valence-electron chi connectivity index (χ4n) is 2.56. The van der Waals surface area contributed by atoms with Gasteiger partial charge < -0.3 is 15.0 Å². The number of hydrogen-bond acceptors (Lipinski definition) is 4. The van der Waals surface area contributed by atoms with Crippen molar-refractivity contribution in [2.24, 2.45) is 5.92 Å². The van der Waals surface area contributed by atoms with Crippen molar-refractivity contribution in [3.8, 4) is 0 Å². The summed E-state index contributed by atoms with van der Waals surface area (Å²) < 4.78 is 4.47. The summed E-state index contributed by atoms with van der Waals surface area (Å²) >= 11 is 0. The highest BCUT2D eigenvalue weighted by Gasteiger charge is 2.23. The number of amides is 2. The highest BCUT2D eigenvalue weighted by atomic mass is 16.5. The predicted octanol–water partition coefficient (Wildman–Crippen LogP) is 2.06. The molecule has 0 bridgehead atoms. The molecule has 1 heterocycles. The predicted molar refractivity (Wildman–Crippen MR) is 86.0 cm³/mol. The molecule has 0 aromatic heterocycles. The molecular formula is C17H22N2O4. The molecule has 0 aliphatic carbocycles. The fraction of sp³-hybridized carbons (Fsp3) is 0.471. The number of rotatable bonds is 4. The van der Waals surface area contributed by atoms with Gasteiger partial charge in [0.25, 0.3) is 5.91 Å². The van der Waals surface area contributed by atoms with Crippen LogP contribution in [0.2, 0.25) is 0 Å². The number of nitrogens with one attached hydrogen (secondary N) is 1. The van der Waals surface area contributed by atoms with Gasteiger partial charge in [-0.2, -0.15) is 0 Å². The van der Waals surface area contributed by atoms with Gasteiger partial charge in [-0.3, -0.25) is 14.4 Å². The van der Waals surface area contributed by atoms with Crippen LogP contribution in [-0.2, 0) is 14.3 Å². The molecule has 1 aliphatic heterocycles. The lowest BCUT2D eigenvalue weighted by Crippen LogP contribution is -2.38. The van der Waals surface area contributed by atoms with E-state index in [1.54, 1.807) is 24.3 Å². The highest BCUT2D eigenvalue weighted by molar-refractivity contribution is 6.07. The number of anilines is 1. The molecule has 0 saturated carbocycles. The second kappa shape index (κ2) is 7.76. The minimum absolute atomic E-state index is 0.0918. The molecule has 6 nitrogen and oxygen atoms in total. The van der Waals surface area contributed by atoms with Crippen LogP contribution < -0.4 is 5.32 Å². The van der Waals surface area contributed by atoms with Crippen LogP contribution in [-0.4, -0.2) is 42.9 Å². The van der Waals surface area contributed by atoms with E-state index in [9.17, 15) is 14.4 Å². The fourth-order valence-corrected chi connectivity index (χ4v) is 2.56. The Balaban J connectivity index is 2.09. The molecule has 0 atom stereocenters. The zero-order chi connectivity index (χ0) is 16.8. The van der Waals surface area contributed by atoms with Crippen LogP contribution in [0.4, 0.5) is 5.69 Å². The molecule has 0 radical (unpaired) electrons. The number of methoxy groups -OCH3 is 1. The van der Waals surface area contributed by atoms with Crippen LogP contribution in [0.15, 0.2) is 24.3 Å². The van der Waals surface area contributed by atoms with E-state index in [-0.39, 0.29) is 12.3 Å².